The summed E-state index contributed by atoms with van der Waals surface area (Å²) in [6.07, 6.45) is 10.8. The smallest absolute Gasteiger partial charge is 0.315 e. The third kappa shape index (κ3) is 7.79. The van der Waals surface area contributed by atoms with Crippen molar-refractivity contribution in [1.29, 1.82) is 0 Å². The number of allylic oxidation sites excluding steroid dienone is 2. The second-order valence-corrected chi connectivity index (χ2v) is 6.58. The summed E-state index contributed by atoms with van der Waals surface area (Å²) < 4.78 is 24.2. The second kappa shape index (κ2) is 11.3. The predicted molar refractivity (Wildman–Crippen MR) is 102 cm³/mol. The third-order valence-corrected chi connectivity index (χ3v) is 4.23. The van der Waals surface area contributed by atoms with Crippen LogP contribution in [0.3, 0.4) is 0 Å². The number of nitrogens with zero attached hydrogens (tertiary/aromatic N) is 3. The Morgan fingerprint density at radius 3 is 2.67 bits per heavy atom. The van der Waals surface area contributed by atoms with Crippen molar-refractivity contribution >= 4 is 20.1 Å². The molecule has 0 spiro atoms. The number of hydrogen-bond donors (Lipinski definition) is 2. The van der Waals surface area contributed by atoms with Gasteiger partial charge in [0.05, 0.1) is 26.3 Å². The molecule has 0 radical (unpaired) electrons. The van der Waals surface area contributed by atoms with Crippen molar-refractivity contribution in [3.05, 3.63) is 54.0 Å². The average molecular weight is 400 g/mol. The van der Waals surface area contributed by atoms with Crippen molar-refractivity contribution in [2.24, 2.45) is 0 Å². The predicted octanol–water partition coefficient (Wildman–Crippen LogP) is 1.96. The van der Waals surface area contributed by atoms with Gasteiger partial charge in [0.1, 0.15) is 0 Å². The number of carbonyl (C=O) groups excluding carboxylic acids is 1. The maximum Gasteiger partial charge on any atom is 0.472 e. The summed E-state index contributed by atoms with van der Waals surface area (Å²) in [6, 6.07) is -0.453. The lowest BCUT2D eigenvalue weighted by Crippen LogP contribution is -2.35. The Labute approximate surface area is 157 Å². The van der Waals surface area contributed by atoms with E-state index in [1.807, 2.05) is 0 Å². The van der Waals surface area contributed by atoms with E-state index in [0.29, 0.717) is 0 Å². The molecule has 0 bridgehead atoms. The van der Waals surface area contributed by atoms with Crippen LogP contribution in [0.4, 0.5) is 4.79 Å². The third-order valence-electron chi connectivity index (χ3n) is 3.21. The average Bonchev–Trinajstić information content (AvgIpc) is 2.97. The molecule has 1 heterocycles. The zero-order chi connectivity index (χ0) is 20.3. The fourth-order valence-electron chi connectivity index (χ4n) is 1.93. The highest BCUT2D eigenvalue weighted by Gasteiger charge is 2.21. The number of phosphoric ester groups is 1. The summed E-state index contributed by atoms with van der Waals surface area (Å²) in [4.78, 5) is 34.5. The first kappa shape index (κ1) is 22.7. The largest absolute Gasteiger partial charge is 0.472 e. The van der Waals surface area contributed by atoms with Gasteiger partial charge in [-0.2, -0.15) is 0 Å². The Kier molecular flexibility index (Phi) is 9.52. The number of phosphoric acid groups is 1. The van der Waals surface area contributed by atoms with Crippen LogP contribution in [0.1, 0.15) is 13.8 Å². The number of urea groups is 1. The Hall–Kier alpha value is -2.39. The molecule has 0 aliphatic carbocycles. The number of imidazole rings is 1. The number of amides is 2. The zero-order valence-electron chi connectivity index (χ0n) is 15.4. The van der Waals surface area contributed by atoms with Gasteiger partial charge >= 0.3 is 19.5 Å². The van der Waals surface area contributed by atoms with E-state index in [1.54, 1.807) is 44.6 Å². The standard InChI is InChI=1S/C16H25N4O6P/c1-4-7-17-15(21)18(6-3)11-13-25-27(23,24)26-14-12-20-10-9-19(8-5-2)16(20)22/h4-10H,3,11-14H2,1-2H3,(H,17,21)(H,23,24)/b7-4+,8-5+. The maximum absolute atomic E-state index is 11.9. The van der Waals surface area contributed by atoms with E-state index in [4.69, 9.17) is 9.05 Å². The van der Waals surface area contributed by atoms with E-state index in [-0.39, 0.29) is 32.0 Å². The van der Waals surface area contributed by atoms with Gasteiger partial charge in [-0.25, -0.2) is 14.2 Å². The summed E-state index contributed by atoms with van der Waals surface area (Å²) in [5.41, 5.74) is -0.292. The lowest BCUT2D eigenvalue weighted by molar-refractivity contribution is 0.137. The van der Waals surface area contributed by atoms with Gasteiger partial charge in [0, 0.05) is 31.0 Å². The first-order chi connectivity index (χ1) is 12.8. The number of hydrogen-bond acceptors (Lipinski definition) is 5. The van der Waals surface area contributed by atoms with E-state index in [0.717, 1.165) is 0 Å². The highest BCUT2D eigenvalue weighted by atomic mass is 31.2. The quantitative estimate of drug-likeness (QED) is 0.549. The summed E-state index contributed by atoms with van der Waals surface area (Å²) >= 11 is 0. The van der Waals surface area contributed by atoms with Crippen LogP contribution < -0.4 is 11.0 Å². The molecule has 2 N–H and O–H groups in total. The fourth-order valence-corrected chi connectivity index (χ4v) is 2.63. The number of rotatable bonds is 11. The SMILES string of the molecule is C=CN(CCOP(=O)(O)OCCn1ccn(/C=C/C)c1=O)C(=O)N/C=C/C. The van der Waals surface area contributed by atoms with Gasteiger partial charge in [0.2, 0.25) is 0 Å². The minimum absolute atomic E-state index is 0.00641. The Morgan fingerprint density at radius 2 is 2.04 bits per heavy atom. The van der Waals surface area contributed by atoms with Crippen molar-refractivity contribution in [2.45, 2.75) is 20.4 Å². The lowest BCUT2D eigenvalue weighted by Gasteiger charge is -2.18. The number of carbonyl (C=O) groups is 1. The summed E-state index contributed by atoms with van der Waals surface area (Å²) in [7, 11) is -4.31. The van der Waals surface area contributed by atoms with Crippen LogP contribution in [-0.2, 0) is 20.2 Å². The molecule has 0 saturated heterocycles. The number of aromatic nitrogens is 2. The van der Waals surface area contributed by atoms with E-state index in [2.05, 4.69) is 11.9 Å². The Morgan fingerprint density at radius 1 is 1.33 bits per heavy atom. The molecule has 2 amide bonds. The molecular weight excluding hydrogens is 375 g/mol. The highest BCUT2D eigenvalue weighted by Crippen LogP contribution is 2.42. The monoisotopic (exact) mass is 400 g/mol. The molecule has 1 rings (SSSR count). The summed E-state index contributed by atoms with van der Waals surface area (Å²) in [5, 5.41) is 2.48. The first-order valence-electron chi connectivity index (χ1n) is 8.17. The molecular formula is C16H25N4O6P. The maximum atomic E-state index is 11.9. The summed E-state index contributed by atoms with van der Waals surface area (Å²) in [6.45, 7) is 6.68. The molecule has 0 fully saturated rings. The molecule has 1 aromatic heterocycles. The molecule has 1 aromatic rings. The minimum atomic E-state index is -4.31. The Balaban J connectivity index is 2.43. The zero-order valence-corrected chi connectivity index (χ0v) is 16.2. The molecule has 0 aromatic carbocycles. The van der Waals surface area contributed by atoms with Crippen molar-refractivity contribution in [3.8, 4) is 0 Å². The molecule has 11 heteroatoms. The van der Waals surface area contributed by atoms with E-state index >= 15 is 0 Å². The van der Waals surface area contributed by atoms with E-state index < -0.39 is 13.9 Å². The molecule has 1 atom stereocenters. The Bertz CT molecular complexity index is 782. The van der Waals surface area contributed by atoms with E-state index in [1.165, 1.54) is 26.4 Å². The van der Waals surface area contributed by atoms with Crippen molar-refractivity contribution in [2.75, 3.05) is 19.8 Å². The van der Waals surface area contributed by atoms with Crippen LogP contribution in [0.15, 0.2) is 48.3 Å². The molecule has 10 nitrogen and oxygen atoms in total. The van der Waals surface area contributed by atoms with Crippen molar-refractivity contribution in [3.63, 3.8) is 0 Å². The summed E-state index contributed by atoms with van der Waals surface area (Å²) in [5.74, 6) is 0. The van der Waals surface area contributed by atoms with Gasteiger partial charge < -0.3 is 10.2 Å². The minimum Gasteiger partial charge on any atom is -0.315 e. The van der Waals surface area contributed by atoms with Crippen LogP contribution in [0, 0.1) is 0 Å². The fraction of sp³-hybridized carbons (Fsp3) is 0.375. The second-order valence-electron chi connectivity index (χ2n) is 5.12. The van der Waals surface area contributed by atoms with Gasteiger partial charge in [-0.1, -0.05) is 18.7 Å². The lowest BCUT2D eigenvalue weighted by atomic mass is 10.6. The molecule has 0 saturated carbocycles. The molecule has 1 unspecified atom stereocenters. The molecule has 150 valence electrons. The van der Waals surface area contributed by atoms with Gasteiger partial charge in [-0.05, 0) is 13.8 Å². The van der Waals surface area contributed by atoms with Crippen LogP contribution >= 0.6 is 7.82 Å². The molecule has 0 aliphatic rings. The highest BCUT2D eigenvalue weighted by molar-refractivity contribution is 7.47. The van der Waals surface area contributed by atoms with Gasteiger partial charge in [0.15, 0.2) is 0 Å². The molecule has 27 heavy (non-hydrogen) atoms. The van der Waals surface area contributed by atoms with Crippen LogP contribution in [0.5, 0.6) is 0 Å². The molecule has 0 aliphatic heterocycles. The van der Waals surface area contributed by atoms with Crippen LogP contribution in [0.25, 0.3) is 6.20 Å². The van der Waals surface area contributed by atoms with Gasteiger partial charge in [-0.15, -0.1) is 0 Å². The first-order valence-corrected chi connectivity index (χ1v) is 9.67. The van der Waals surface area contributed by atoms with Crippen molar-refractivity contribution < 1.29 is 23.3 Å². The number of nitrogens with one attached hydrogen (secondary N) is 1. The van der Waals surface area contributed by atoms with Crippen LogP contribution in [-0.4, -0.2) is 44.7 Å². The van der Waals surface area contributed by atoms with Crippen molar-refractivity contribution in [1.82, 2.24) is 19.4 Å². The van der Waals surface area contributed by atoms with Crippen LogP contribution in [0.2, 0.25) is 0 Å². The van der Waals surface area contributed by atoms with Gasteiger partial charge in [0.25, 0.3) is 0 Å². The topological polar surface area (TPSA) is 115 Å². The normalized spacial score (nSPS) is 13.7. The van der Waals surface area contributed by atoms with Gasteiger partial charge in [-0.3, -0.25) is 23.1 Å². The van der Waals surface area contributed by atoms with E-state index in [9.17, 15) is 19.0 Å².